The van der Waals surface area contributed by atoms with Crippen molar-refractivity contribution in [3.63, 3.8) is 0 Å². The van der Waals surface area contributed by atoms with Crippen LogP contribution in [0.4, 0.5) is 5.82 Å². The molecule has 4 nitrogen and oxygen atoms in total. The van der Waals surface area contributed by atoms with E-state index < -0.39 is 0 Å². The Morgan fingerprint density at radius 2 is 1.95 bits per heavy atom. The quantitative estimate of drug-likeness (QED) is 0.850. The lowest BCUT2D eigenvalue weighted by Gasteiger charge is -2.32. The Balaban J connectivity index is 2.54. The van der Waals surface area contributed by atoms with Crippen LogP contribution in [0.1, 0.15) is 26.7 Å². The van der Waals surface area contributed by atoms with Crippen LogP contribution in [0.2, 0.25) is 0 Å². The van der Waals surface area contributed by atoms with Gasteiger partial charge in [0.1, 0.15) is 11.6 Å². The second-order valence-electron chi connectivity index (χ2n) is 4.93. The summed E-state index contributed by atoms with van der Waals surface area (Å²) in [5.74, 6) is 1.07. The average Bonchev–Trinajstić information content (AvgIpc) is 2.47. The van der Waals surface area contributed by atoms with Crippen molar-refractivity contribution in [1.29, 1.82) is 0 Å². The average molecular weight is 274 g/mol. The number of benzene rings is 1. The summed E-state index contributed by atoms with van der Waals surface area (Å²) in [6.45, 7) is 4.92. The Kier molecular flexibility index (Phi) is 4.79. The van der Waals surface area contributed by atoms with E-state index in [-0.39, 0.29) is 12.4 Å². The van der Waals surface area contributed by atoms with E-state index in [0.29, 0.717) is 12.6 Å². The van der Waals surface area contributed by atoms with Crippen molar-refractivity contribution >= 4 is 16.6 Å². The molecule has 1 aromatic heterocycles. The predicted molar refractivity (Wildman–Crippen MR) is 82.2 cm³/mol. The van der Waals surface area contributed by atoms with Crippen LogP contribution in [0.15, 0.2) is 30.5 Å². The number of aromatic nitrogens is 1. The molecule has 20 heavy (non-hydrogen) atoms. The number of aliphatic hydroxyl groups excluding tert-OH is 1. The van der Waals surface area contributed by atoms with Crippen molar-refractivity contribution in [2.75, 3.05) is 18.1 Å². The van der Waals surface area contributed by atoms with Crippen molar-refractivity contribution in [1.82, 2.24) is 4.98 Å². The summed E-state index contributed by atoms with van der Waals surface area (Å²) in [5.41, 5.74) is 0. The van der Waals surface area contributed by atoms with Crippen LogP contribution in [0.3, 0.4) is 0 Å². The molecule has 0 aliphatic heterocycles. The third-order valence-corrected chi connectivity index (χ3v) is 3.72. The van der Waals surface area contributed by atoms with Crippen LogP contribution in [-0.2, 0) is 0 Å². The molecule has 0 amide bonds. The summed E-state index contributed by atoms with van der Waals surface area (Å²) < 4.78 is 0. The number of pyridine rings is 1. The third-order valence-electron chi connectivity index (χ3n) is 3.72. The fraction of sp³-hybridized carbons (Fsp3) is 0.438. The number of aliphatic hydroxyl groups is 1. The Morgan fingerprint density at radius 3 is 2.60 bits per heavy atom. The molecule has 1 aromatic carbocycles. The lowest BCUT2D eigenvalue weighted by Crippen LogP contribution is -2.37. The Hall–Kier alpha value is -1.81. The molecular formula is C16H22N2O2. The molecule has 0 saturated heterocycles. The van der Waals surface area contributed by atoms with E-state index in [9.17, 15) is 10.2 Å². The van der Waals surface area contributed by atoms with Gasteiger partial charge >= 0.3 is 0 Å². The molecule has 0 aliphatic carbocycles. The predicted octanol–water partition coefficient (Wildman–Crippen LogP) is 2.93. The molecule has 4 heteroatoms. The van der Waals surface area contributed by atoms with Crippen LogP contribution in [0, 0.1) is 0 Å². The molecule has 2 N–H and O–H groups in total. The summed E-state index contributed by atoms with van der Waals surface area (Å²) in [7, 11) is 0. The number of anilines is 1. The zero-order chi connectivity index (χ0) is 14.5. The Bertz CT molecular complexity index is 567. The van der Waals surface area contributed by atoms with Gasteiger partial charge in [0.2, 0.25) is 0 Å². The van der Waals surface area contributed by atoms with Crippen LogP contribution in [0.5, 0.6) is 5.75 Å². The summed E-state index contributed by atoms with van der Waals surface area (Å²) >= 11 is 0. The minimum absolute atomic E-state index is 0.0907. The smallest absolute Gasteiger partial charge is 0.136 e. The summed E-state index contributed by atoms with van der Waals surface area (Å²) in [6.07, 6.45) is 3.77. The second-order valence-corrected chi connectivity index (χ2v) is 4.93. The topological polar surface area (TPSA) is 56.6 Å². The molecule has 2 aromatic rings. The van der Waals surface area contributed by atoms with Gasteiger partial charge in [0.25, 0.3) is 0 Å². The first-order valence-corrected chi connectivity index (χ1v) is 7.16. The van der Waals surface area contributed by atoms with E-state index >= 15 is 0 Å². The number of aromatic hydroxyl groups is 1. The van der Waals surface area contributed by atoms with E-state index in [1.807, 2.05) is 12.1 Å². The third kappa shape index (κ3) is 2.85. The molecule has 0 bridgehead atoms. The molecule has 0 unspecified atom stereocenters. The van der Waals surface area contributed by atoms with Crippen molar-refractivity contribution < 1.29 is 10.2 Å². The fourth-order valence-electron chi connectivity index (χ4n) is 2.67. The van der Waals surface area contributed by atoms with Gasteiger partial charge in [-0.25, -0.2) is 4.98 Å². The van der Waals surface area contributed by atoms with Crippen molar-refractivity contribution in [3.8, 4) is 5.75 Å². The van der Waals surface area contributed by atoms with Gasteiger partial charge < -0.3 is 15.1 Å². The molecule has 0 aliphatic rings. The largest absolute Gasteiger partial charge is 0.508 e. The normalized spacial score (nSPS) is 11.2. The maximum Gasteiger partial charge on any atom is 0.136 e. The highest BCUT2D eigenvalue weighted by molar-refractivity contribution is 5.93. The second kappa shape index (κ2) is 6.57. The maximum atomic E-state index is 9.72. The first kappa shape index (κ1) is 14.6. The van der Waals surface area contributed by atoms with Gasteiger partial charge in [-0.3, -0.25) is 0 Å². The van der Waals surface area contributed by atoms with Crippen LogP contribution in [0.25, 0.3) is 10.8 Å². The summed E-state index contributed by atoms with van der Waals surface area (Å²) in [6, 6.07) is 7.58. The molecule has 0 radical (unpaired) electrons. The minimum atomic E-state index is 0.0907. The standard InChI is InChI=1S/C16H22N2O2/c1-3-13(4-2)18(9-10-19)16-15-11-14(20)6-5-12(15)7-8-17-16/h5-8,11,13,19-20H,3-4,9-10H2,1-2H3. The molecule has 0 saturated carbocycles. The van der Waals surface area contributed by atoms with Crippen molar-refractivity contribution in [2.45, 2.75) is 32.7 Å². The number of fused-ring (bicyclic) bond motifs is 1. The summed E-state index contributed by atoms with van der Waals surface area (Å²) in [4.78, 5) is 6.63. The van der Waals surface area contributed by atoms with Crippen LogP contribution >= 0.6 is 0 Å². The lowest BCUT2D eigenvalue weighted by molar-refractivity contribution is 0.295. The molecule has 1 heterocycles. The SMILES string of the molecule is CCC(CC)N(CCO)c1nccc2ccc(O)cc12. The van der Waals surface area contributed by atoms with Gasteiger partial charge in [0.05, 0.1) is 6.61 Å². The molecule has 2 rings (SSSR count). The number of phenolic OH excluding ortho intramolecular Hbond substituents is 1. The number of phenols is 1. The molecule has 108 valence electrons. The van der Waals surface area contributed by atoms with Crippen molar-refractivity contribution in [3.05, 3.63) is 30.5 Å². The Morgan fingerprint density at radius 1 is 1.20 bits per heavy atom. The Labute approximate surface area is 119 Å². The number of nitrogens with zero attached hydrogens (tertiary/aromatic N) is 2. The fourth-order valence-corrected chi connectivity index (χ4v) is 2.67. The zero-order valence-electron chi connectivity index (χ0n) is 12.1. The first-order valence-electron chi connectivity index (χ1n) is 7.16. The van der Waals surface area contributed by atoms with Gasteiger partial charge in [0.15, 0.2) is 0 Å². The monoisotopic (exact) mass is 274 g/mol. The van der Waals surface area contributed by atoms with E-state index in [1.165, 1.54) is 0 Å². The molecule has 0 fully saturated rings. The number of hydrogen-bond donors (Lipinski definition) is 2. The van der Waals surface area contributed by atoms with Gasteiger partial charge in [-0.1, -0.05) is 19.9 Å². The van der Waals surface area contributed by atoms with Gasteiger partial charge in [-0.2, -0.15) is 0 Å². The molecule has 0 atom stereocenters. The van der Waals surface area contributed by atoms with Crippen molar-refractivity contribution in [2.24, 2.45) is 0 Å². The number of hydrogen-bond acceptors (Lipinski definition) is 4. The zero-order valence-corrected chi connectivity index (χ0v) is 12.1. The first-order chi connectivity index (χ1) is 9.71. The van der Waals surface area contributed by atoms with E-state index in [1.54, 1.807) is 18.3 Å². The van der Waals surface area contributed by atoms with E-state index in [0.717, 1.165) is 29.4 Å². The summed E-state index contributed by atoms with van der Waals surface area (Å²) in [5, 5.41) is 21.0. The van der Waals surface area contributed by atoms with Gasteiger partial charge in [-0.05, 0) is 36.4 Å². The van der Waals surface area contributed by atoms with Gasteiger partial charge in [0, 0.05) is 24.2 Å². The number of rotatable bonds is 6. The maximum absolute atomic E-state index is 9.72. The van der Waals surface area contributed by atoms with E-state index in [2.05, 4.69) is 23.7 Å². The minimum Gasteiger partial charge on any atom is -0.508 e. The van der Waals surface area contributed by atoms with Crippen LogP contribution in [-0.4, -0.2) is 34.4 Å². The molecular weight excluding hydrogens is 252 g/mol. The lowest BCUT2D eigenvalue weighted by atomic mass is 10.1. The highest BCUT2D eigenvalue weighted by Crippen LogP contribution is 2.29. The highest BCUT2D eigenvalue weighted by atomic mass is 16.3. The van der Waals surface area contributed by atoms with E-state index in [4.69, 9.17) is 0 Å². The van der Waals surface area contributed by atoms with Crippen LogP contribution < -0.4 is 4.90 Å². The highest BCUT2D eigenvalue weighted by Gasteiger charge is 2.18. The molecule has 0 spiro atoms. The van der Waals surface area contributed by atoms with Gasteiger partial charge in [-0.15, -0.1) is 0 Å².